The Morgan fingerprint density at radius 1 is 1.10 bits per heavy atom. The molecule has 0 saturated heterocycles. The van der Waals surface area contributed by atoms with Gasteiger partial charge in [-0.2, -0.15) is 0 Å². The molecule has 1 aromatic carbocycles. The summed E-state index contributed by atoms with van der Waals surface area (Å²) in [5.41, 5.74) is 6.03. The summed E-state index contributed by atoms with van der Waals surface area (Å²) in [6, 6.07) is 8.26. The molecule has 106 valence electrons. The Morgan fingerprint density at radius 3 is 2.76 bits per heavy atom. The van der Waals surface area contributed by atoms with E-state index in [1.54, 1.807) is 0 Å². The molecule has 21 heavy (non-hydrogen) atoms. The van der Waals surface area contributed by atoms with Crippen LogP contribution >= 0.6 is 0 Å². The Labute approximate surface area is 126 Å². The Bertz CT molecular complexity index is 687. The maximum absolute atomic E-state index is 4.44. The van der Waals surface area contributed by atoms with Crippen LogP contribution in [0.15, 0.2) is 71.0 Å². The largest absolute Gasteiger partial charge is 0.348 e. The standard InChI is InChI=1S/C19H20N2/c1-3-15-9-11-17(21(4-2)14-15)12-10-16-13-20-19-8-6-5-7-18(16)19/h5-14H,3-4H2,1-2H3/b16-10+,17-12+. The Hall–Kier alpha value is -2.35. The van der Waals surface area contributed by atoms with E-state index in [4.69, 9.17) is 0 Å². The molecular formula is C19H20N2. The zero-order chi connectivity index (χ0) is 14.7. The van der Waals surface area contributed by atoms with Crippen LogP contribution in [0.25, 0.3) is 5.57 Å². The minimum absolute atomic E-state index is 0.980. The summed E-state index contributed by atoms with van der Waals surface area (Å²) in [5.74, 6) is 0. The van der Waals surface area contributed by atoms with E-state index in [1.165, 1.54) is 22.4 Å². The molecule has 0 spiro atoms. The molecule has 2 aliphatic rings. The monoisotopic (exact) mass is 276 g/mol. The van der Waals surface area contributed by atoms with Crippen LogP contribution in [-0.4, -0.2) is 17.7 Å². The van der Waals surface area contributed by atoms with E-state index in [1.807, 2.05) is 12.3 Å². The van der Waals surface area contributed by atoms with Gasteiger partial charge >= 0.3 is 0 Å². The second-order valence-electron chi connectivity index (χ2n) is 5.17. The average molecular weight is 276 g/mol. The van der Waals surface area contributed by atoms with Gasteiger partial charge in [0.1, 0.15) is 0 Å². The molecular weight excluding hydrogens is 256 g/mol. The second-order valence-corrected chi connectivity index (χ2v) is 5.17. The lowest BCUT2D eigenvalue weighted by atomic mass is 10.1. The molecule has 2 heteroatoms. The third-order valence-electron chi connectivity index (χ3n) is 3.86. The van der Waals surface area contributed by atoms with Crippen molar-refractivity contribution < 1.29 is 0 Å². The van der Waals surface area contributed by atoms with Crippen LogP contribution in [0, 0.1) is 0 Å². The van der Waals surface area contributed by atoms with E-state index in [-0.39, 0.29) is 0 Å². The van der Waals surface area contributed by atoms with Crippen molar-refractivity contribution in [3.8, 4) is 0 Å². The van der Waals surface area contributed by atoms with Crippen molar-refractivity contribution >= 4 is 17.5 Å². The highest BCUT2D eigenvalue weighted by molar-refractivity contribution is 6.16. The highest BCUT2D eigenvalue weighted by Gasteiger charge is 2.11. The fraction of sp³-hybridized carbons (Fsp3) is 0.211. The first kappa shape index (κ1) is 13.6. The number of rotatable bonds is 3. The van der Waals surface area contributed by atoms with Gasteiger partial charge in [-0.05, 0) is 37.1 Å². The quantitative estimate of drug-likeness (QED) is 0.770. The molecule has 2 aliphatic heterocycles. The van der Waals surface area contributed by atoms with Crippen molar-refractivity contribution in [1.29, 1.82) is 0 Å². The van der Waals surface area contributed by atoms with Gasteiger partial charge in [-0.25, -0.2) is 0 Å². The van der Waals surface area contributed by atoms with Gasteiger partial charge in [0, 0.05) is 35.8 Å². The minimum Gasteiger partial charge on any atom is -0.348 e. The molecule has 0 N–H and O–H groups in total. The number of likely N-dealkylation sites (N-methyl/N-ethyl adjacent to an activating group) is 1. The van der Waals surface area contributed by atoms with Crippen molar-refractivity contribution in [2.24, 2.45) is 4.99 Å². The summed E-state index contributed by atoms with van der Waals surface area (Å²) in [6.07, 6.45) is 14.0. The smallest absolute Gasteiger partial charge is 0.0708 e. The molecule has 2 nitrogen and oxygen atoms in total. The van der Waals surface area contributed by atoms with E-state index in [2.05, 4.69) is 72.4 Å². The van der Waals surface area contributed by atoms with Gasteiger partial charge in [0.15, 0.2) is 0 Å². The van der Waals surface area contributed by atoms with Crippen LogP contribution in [0.4, 0.5) is 5.69 Å². The summed E-state index contributed by atoms with van der Waals surface area (Å²) in [5, 5.41) is 0. The number of nitrogens with zero attached hydrogens (tertiary/aromatic N) is 2. The first-order valence-corrected chi connectivity index (χ1v) is 7.52. The second kappa shape index (κ2) is 5.96. The molecule has 0 fully saturated rings. The Kier molecular flexibility index (Phi) is 3.87. The summed E-state index contributed by atoms with van der Waals surface area (Å²) >= 11 is 0. The summed E-state index contributed by atoms with van der Waals surface area (Å²) in [7, 11) is 0. The molecule has 0 aromatic heterocycles. The molecule has 2 heterocycles. The highest BCUT2D eigenvalue weighted by Crippen LogP contribution is 2.31. The number of allylic oxidation sites excluding steroid dienone is 6. The first-order chi connectivity index (χ1) is 10.3. The van der Waals surface area contributed by atoms with Crippen LogP contribution < -0.4 is 0 Å². The summed E-state index contributed by atoms with van der Waals surface area (Å²) in [6.45, 7) is 5.34. The zero-order valence-corrected chi connectivity index (χ0v) is 12.6. The SMILES string of the molecule is CCC1=CN(CC)/C(=C/C=C2\C=Nc3ccccc32)C=C1. The fourth-order valence-electron chi connectivity index (χ4n) is 2.59. The predicted molar refractivity (Wildman–Crippen MR) is 90.5 cm³/mol. The normalized spacial score (nSPS) is 20.3. The predicted octanol–water partition coefficient (Wildman–Crippen LogP) is 4.86. The van der Waals surface area contributed by atoms with Crippen molar-refractivity contribution in [2.75, 3.05) is 6.54 Å². The number of hydrogen-bond acceptors (Lipinski definition) is 2. The molecule has 0 unspecified atom stereocenters. The van der Waals surface area contributed by atoms with E-state index in [0.717, 1.165) is 18.7 Å². The fourth-order valence-corrected chi connectivity index (χ4v) is 2.59. The molecule has 1 aromatic rings. The number of para-hydroxylation sites is 1. The van der Waals surface area contributed by atoms with Gasteiger partial charge in [-0.15, -0.1) is 0 Å². The highest BCUT2D eigenvalue weighted by atomic mass is 15.1. The maximum Gasteiger partial charge on any atom is 0.0708 e. The third-order valence-corrected chi connectivity index (χ3v) is 3.86. The lowest BCUT2D eigenvalue weighted by molar-refractivity contribution is 0.497. The Morgan fingerprint density at radius 2 is 1.95 bits per heavy atom. The molecule has 0 amide bonds. The lowest BCUT2D eigenvalue weighted by Crippen LogP contribution is -2.17. The van der Waals surface area contributed by atoms with Crippen molar-refractivity contribution in [3.63, 3.8) is 0 Å². The van der Waals surface area contributed by atoms with Crippen LogP contribution in [0.5, 0.6) is 0 Å². The summed E-state index contributed by atoms with van der Waals surface area (Å²) in [4.78, 5) is 6.73. The van der Waals surface area contributed by atoms with Crippen molar-refractivity contribution in [1.82, 2.24) is 4.90 Å². The zero-order valence-electron chi connectivity index (χ0n) is 12.6. The van der Waals surface area contributed by atoms with Gasteiger partial charge in [0.25, 0.3) is 0 Å². The van der Waals surface area contributed by atoms with Crippen LogP contribution in [0.1, 0.15) is 25.8 Å². The molecule has 0 aliphatic carbocycles. The number of benzene rings is 1. The third kappa shape index (κ3) is 2.75. The Balaban J connectivity index is 1.87. The summed E-state index contributed by atoms with van der Waals surface area (Å²) < 4.78 is 0. The van der Waals surface area contributed by atoms with E-state index in [9.17, 15) is 0 Å². The van der Waals surface area contributed by atoms with Crippen LogP contribution in [0.2, 0.25) is 0 Å². The van der Waals surface area contributed by atoms with Gasteiger partial charge in [-0.3, -0.25) is 4.99 Å². The maximum atomic E-state index is 4.44. The molecule has 0 radical (unpaired) electrons. The number of hydrogen-bond donors (Lipinski definition) is 0. The van der Waals surface area contributed by atoms with Crippen LogP contribution in [-0.2, 0) is 0 Å². The van der Waals surface area contributed by atoms with Crippen molar-refractivity contribution in [2.45, 2.75) is 20.3 Å². The van der Waals surface area contributed by atoms with Gasteiger partial charge in [0.05, 0.1) is 5.69 Å². The first-order valence-electron chi connectivity index (χ1n) is 7.52. The number of aliphatic imine (C=N–C) groups is 1. The topological polar surface area (TPSA) is 15.6 Å². The molecule has 0 bridgehead atoms. The molecule has 0 atom stereocenters. The van der Waals surface area contributed by atoms with E-state index >= 15 is 0 Å². The molecule has 3 rings (SSSR count). The van der Waals surface area contributed by atoms with Crippen LogP contribution in [0.3, 0.4) is 0 Å². The lowest BCUT2D eigenvalue weighted by Gasteiger charge is -2.24. The minimum atomic E-state index is 0.980. The molecule has 0 saturated carbocycles. The average Bonchev–Trinajstić information content (AvgIpc) is 2.96. The van der Waals surface area contributed by atoms with Gasteiger partial charge < -0.3 is 4.90 Å². The van der Waals surface area contributed by atoms with Gasteiger partial charge in [0.2, 0.25) is 0 Å². The van der Waals surface area contributed by atoms with Crippen molar-refractivity contribution in [3.05, 3.63) is 71.6 Å². The number of fused-ring (bicyclic) bond motifs is 1. The van der Waals surface area contributed by atoms with E-state index in [0.29, 0.717) is 0 Å². The van der Waals surface area contributed by atoms with E-state index < -0.39 is 0 Å². The van der Waals surface area contributed by atoms with Gasteiger partial charge in [-0.1, -0.05) is 37.3 Å².